The van der Waals surface area contributed by atoms with Crippen LogP contribution in [0, 0.1) is 6.92 Å². The monoisotopic (exact) mass is 327 g/mol. The molecule has 0 aromatic heterocycles. The van der Waals surface area contributed by atoms with E-state index in [9.17, 15) is 14.7 Å². The Morgan fingerprint density at radius 3 is 2.43 bits per heavy atom. The molecule has 2 N–H and O–H groups in total. The van der Waals surface area contributed by atoms with Gasteiger partial charge in [0.2, 0.25) is 5.91 Å². The number of carbonyl (C=O) groups is 2. The molecule has 1 aliphatic rings. The highest BCUT2D eigenvalue weighted by Crippen LogP contribution is 2.48. The molecule has 2 atom stereocenters. The van der Waals surface area contributed by atoms with E-state index in [2.05, 4.69) is 5.32 Å². The van der Waals surface area contributed by atoms with Crippen molar-refractivity contribution in [1.29, 1.82) is 0 Å². The Hall–Kier alpha value is -2.27. The molecule has 1 fully saturated rings. The lowest BCUT2D eigenvalue weighted by Gasteiger charge is -2.29. The van der Waals surface area contributed by atoms with E-state index in [1.807, 2.05) is 61.5 Å². The van der Waals surface area contributed by atoms with Gasteiger partial charge < -0.3 is 10.4 Å². The van der Waals surface area contributed by atoms with Gasteiger partial charge in [-0.05, 0) is 24.6 Å². The summed E-state index contributed by atoms with van der Waals surface area (Å²) in [5.74, 6) is -1.21. The zero-order valence-corrected chi connectivity index (χ0v) is 13.5. The van der Waals surface area contributed by atoms with Crippen molar-refractivity contribution in [3.05, 3.63) is 65.7 Å². The summed E-state index contributed by atoms with van der Waals surface area (Å²) in [4.78, 5) is 25.0. The number of amides is 1. The minimum atomic E-state index is -1.24. The molecule has 1 saturated heterocycles. The number of aliphatic carboxylic acids is 1. The van der Waals surface area contributed by atoms with Gasteiger partial charge in [-0.2, -0.15) is 0 Å². The van der Waals surface area contributed by atoms with Crippen LogP contribution in [-0.4, -0.2) is 21.7 Å². The van der Waals surface area contributed by atoms with E-state index in [0.717, 1.165) is 16.0 Å². The van der Waals surface area contributed by atoms with Crippen LogP contribution in [0.25, 0.3) is 0 Å². The lowest BCUT2D eigenvalue weighted by Crippen LogP contribution is -2.40. The fourth-order valence-electron chi connectivity index (χ4n) is 2.82. The Kier molecular flexibility index (Phi) is 4.13. The molecule has 0 radical (unpaired) electrons. The summed E-state index contributed by atoms with van der Waals surface area (Å²) in [6.07, 6.45) is -0.0412. The molecule has 23 heavy (non-hydrogen) atoms. The average Bonchev–Trinajstić information content (AvgIpc) is 2.88. The van der Waals surface area contributed by atoms with Gasteiger partial charge in [-0.3, -0.25) is 9.59 Å². The van der Waals surface area contributed by atoms with Crippen molar-refractivity contribution in [2.75, 3.05) is 0 Å². The molecule has 4 nitrogen and oxygen atoms in total. The first-order chi connectivity index (χ1) is 11.0. The molecule has 2 aromatic carbocycles. The first kappa shape index (κ1) is 15.6. The highest BCUT2D eigenvalue weighted by Gasteiger charge is 2.54. The minimum Gasteiger partial charge on any atom is -0.480 e. The van der Waals surface area contributed by atoms with Crippen molar-refractivity contribution < 1.29 is 14.7 Å². The lowest BCUT2D eigenvalue weighted by molar-refractivity contribution is -0.140. The van der Waals surface area contributed by atoms with E-state index in [-0.39, 0.29) is 12.3 Å². The third kappa shape index (κ3) is 2.97. The van der Waals surface area contributed by atoms with E-state index in [1.54, 1.807) is 0 Å². The van der Waals surface area contributed by atoms with E-state index in [1.165, 1.54) is 11.8 Å². The van der Waals surface area contributed by atoms with Crippen LogP contribution in [0.3, 0.4) is 0 Å². The number of rotatable bonds is 4. The topological polar surface area (TPSA) is 66.4 Å². The fraction of sp³-hybridized carbons (Fsp3) is 0.222. The van der Waals surface area contributed by atoms with Crippen LogP contribution >= 0.6 is 11.8 Å². The van der Waals surface area contributed by atoms with Gasteiger partial charge in [0.25, 0.3) is 0 Å². The van der Waals surface area contributed by atoms with Gasteiger partial charge in [-0.15, -0.1) is 11.8 Å². The molecular weight excluding hydrogens is 310 g/mol. The molecular formula is C18H17NO3S. The van der Waals surface area contributed by atoms with E-state index >= 15 is 0 Å². The standard InChI is InChI=1S/C18H17NO3S/c1-12-7-9-14(10-8-12)23-18(17(21)22)11-15(20)19-16(18)13-5-3-2-4-6-13/h2-10,16H,11H2,1H3,(H,19,20)(H,21,22)/t16?,18-/m1/s1. The molecule has 0 spiro atoms. The third-order valence-corrected chi connectivity index (χ3v) is 5.44. The molecule has 1 unspecified atom stereocenters. The summed E-state index contributed by atoms with van der Waals surface area (Å²) in [6.45, 7) is 1.98. The van der Waals surface area contributed by atoms with Crippen LogP contribution in [-0.2, 0) is 9.59 Å². The van der Waals surface area contributed by atoms with Gasteiger partial charge >= 0.3 is 5.97 Å². The molecule has 1 aliphatic heterocycles. The maximum atomic E-state index is 12.1. The lowest BCUT2D eigenvalue weighted by atomic mass is 9.93. The predicted molar refractivity (Wildman–Crippen MR) is 89.3 cm³/mol. The molecule has 2 aromatic rings. The predicted octanol–water partition coefficient (Wildman–Crippen LogP) is 3.17. The number of carbonyl (C=O) groups excluding carboxylic acids is 1. The summed E-state index contributed by atoms with van der Waals surface area (Å²) in [5.41, 5.74) is 1.92. The molecule has 1 amide bonds. The summed E-state index contributed by atoms with van der Waals surface area (Å²) in [6, 6.07) is 16.4. The Labute approximate surface area is 138 Å². The van der Waals surface area contributed by atoms with Crippen LogP contribution < -0.4 is 5.32 Å². The quantitative estimate of drug-likeness (QED) is 0.905. The molecule has 1 heterocycles. The van der Waals surface area contributed by atoms with Crippen molar-refractivity contribution in [1.82, 2.24) is 5.32 Å². The maximum Gasteiger partial charge on any atom is 0.323 e. The SMILES string of the molecule is Cc1ccc(S[C@]2(C(=O)O)CC(=O)NC2c2ccccc2)cc1. The van der Waals surface area contributed by atoms with Crippen molar-refractivity contribution in [2.24, 2.45) is 0 Å². The van der Waals surface area contributed by atoms with Crippen LogP contribution in [0.4, 0.5) is 0 Å². The molecule has 3 rings (SSSR count). The maximum absolute atomic E-state index is 12.1. The Morgan fingerprint density at radius 1 is 1.17 bits per heavy atom. The summed E-state index contributed by atoms with van der Waals surface area (Å²) < 4.78 is -1.24. The van der Waals surface area contributed by atoms with Crippen LogP contribution in [0.5, 0.6) is 0 Å². The third-order valence-electron chi connectivity index (χ3n) is 4.01. The first-order valence-corrected chi connectivity index (χ1v) is 8.16. The second-order valence-corrected chi connectivity index (χ2v) is 7.10. The number of aryl methyl sites for hydroxylation is 1. The Bertz CT molecular complexity index is 730. The Balaban J connectivity index is 2.02. The van der Waals surface area contributed by atoms with Gasteiger partial charge in [0.15, 0.2) is 4.75 Å². The Morgan fingerprint density at radius 2 is 1.83 bits per heavy atom. The number of nitrogens with one attached hydrogen (secondary N) is 1. The zero-order valence-electron chi connectivity index (χ0n) is 12.7. The normalized spacial score (nSPS) is 23.5. The number of thioether (sulfide) groups is 1. The van der Waals surface area contributed by atoms with Crippen molar-refractivity contribution in [3.8, 4) is 0 Å². The summed E-state index contributed by atoms with van der Waals surface area (Å²) in [7, 11) is 0. The number of benzene rings is 2. The molecule has 118 valence electrons. The van der Waals surface area contributed by atoms with Gasteiger partial charge in [0.1, 0.15) is 0 Å². The van der Waals surface area contributed by atoms with Gasteiger partial charge in [0.05, 0.1) is 12.5 Å². The molecule has 5 heteroatoms. The van der Waals surface area contributed by atoms with E-state index < -0.39 is 16.8 Å². The highest BCUT2D eigenvalue weighted by molar-refractivity contribution is 8.01. The number of hydrogen-bond acceptors (Lipinski definition) is 3. The zero-order chi connectivity index (χ0) is 16.4. The van der Waals surface area contributed by atoms with Crippen molar-refractivity contribution in [2.45, 2.75) is 29.0 Å². The molecule has 0 aliphatic carbocycles. The second-order valence-electron chi connectivity index (χ2n) is 5.70. The average molecular weight is 327 g/mol. The van der Waals surface area contributed by atoms with Gasteiger partial charge in [0, 0.05) is 4.90 Å². The largest absolute Gasteiger partial charge is 0.480 e. The first-order valence-electron chi connectivity index (χ1n) is 7.35. The van der Waals surface area contributed by atoms with Gasteiger partial charge in [-0.25, -0.2) is 0 Å². The number of hydrogen-bond donors (Lipinski definition) is 2. The summed E-state index contributed by atoms with van der Waals surface area (Å²) in [5, 5.41) is 12.7. The van der Waals surface area contributed by atoms with Crippen LogP contribution in [0.1, 0.15) is 23.6 Å². The number of carboxylic acid groups (broad SMARTS) is 1. The van der Waals surface area contributed by atoms with E-state index in [0.29, 0.717) is 0 Å². The van der Waals surface area contributed by atoms with Gasteiger partial charge in [-0.1, -0.05) is 48.0 Å². The summed E-state index contributed by atoms with van der Waals surface area (Å²) >= 11 is 1.24. The smallest absolute Gasteiger partial charge is 0.323 e. The van der Waals surface area contributed by atoms with Crippen LogP contribution in [0.2, 0.25) is 0 Å². The second kappa shape index (κ2) is 6.08. The van der Waals surface area contributed by atoms with Crippen molar-refractivity contribution in [3.63, 3.8) is 0 Å². The highest BCUT2D eigenvalue weighted by atomic mass is 32.2. The van der Waals surface area contributed by atoms with Crippen LogP contribution in [0.15, 0.2) is 59.5 Å². The minimum absolute atomic E-state index is 0.0412. The molecule has 0 bridgehead atoms. The molecule has 0 saturated carbocycles. The van der Waals surface area contributed by atoms with Crippen molar-refractivity contribution >= 4 is 23.6 Å². The number of carboxylic acids is 1. The fourth-order valence-corrected chi connectivity index (χ4v) is 4.12. The van der Waals surface area contributed by atoms with E-state index in [4.69, 9.17) is 0 Å².